The average molecular weight is 311 g/mol. The van der Waals surface area contributed by atoms with Gasteiger partial charge in [-0.2, -0.15) is 5.26 Å². The standard InChI is InChI=1S/C13H15BrN2O2/c1-9-8-18-13(7-17)6-16(9)12-3-10(5-15)2-11(14)4-12/h2-4,9,13,17H,6-8H2,1H3. The van der Waals surface area contributed by atoms with E-state index in [9.17, 15) is 5.11 Å². The molecule has 1 aromatic rings. The Bertz CT molecular complexity index is 473. The van der Waals surface area contributed by atoms with Crippen LogP contribution in [0.25, 0.3) is 0 Å². The van der Waals surface area contributed by atoms with Gasteiger partial charge in [0, 0.05) is 22.7 Å². The minimum Gasteiger partial charge on any atom is -0.394 e. The van der Waals surface area contributed by atoms with Crippen LogP contribution < -0.4 is 4.90 Å². The molecular formula is C13H15BrN2O2. The first-order valence-electron chi connectivity index (χ1n) is 5.84. The molecule has 0 spiro atoms. The molecule has 96 valence electrons. The third-order valence-corrected chi connectivity index (χ3v) is 3.51. The molecule has 0 radical (unpaired) electrons. The molecule has 0 bridgehead atoms. The predicted molar refractivity (Wildman–Crippen MR) is 72.5 cm³/mol. The summed E-state index contributed by atoms with van der Waals surface area (Å²) in [6, 6.07) is 8.02. The van der Waals surface area contributed by atoms with Crippen LogP contribution in [0, 0.1) is 11.3 Å². The molecule has 0 aromatic heterocycles. The number of aliphatic hydroxyl groups is 1. The number of hydrogen-bond donors (Lipinski definition) is 1. The van der Waals surface area contributed by atoms with Crippen molar-refractivity contribution in [2.24, 2.45) is 0 Å². The van der Waals surface area contributed by atoms with E-state index >= 15 is 0 Å². The van der Waals surface area contributed by atoms with Gasteiger partial charge >= 0.3 is 0 Å². The van der Waals surface area contributed by atoms with Gasteiger partial charge in [0.2, 0.25) is 0 Å². The summed E-state index contributed by atoms with van der Waals surface area (Å²) in [4.78, 5) is 2.16. The van der Waals surface area contributed by atoms with Crippen molar-refractivity contribution in [3.05, 3.63) is 28.2 Å². The van der Waals surface area contributed by atoms with Crippen molar-refractivity contribution in [2.45, 2.75) is 19.1 Å². The van der Waals surface area contributed by atoms with Crippen LogP contribution in [0.5, 0.6) is 0 Å². The lowest BCUT2D eigenvalue weighted by Crippen LogP contribution is -2.49. The number of rotatable bonds is 2. The first kappa shape index (κ1) is 13.3. The number of ether oxygens (including phenoxy) is 1. The summed E-state index contributed by atoms with van der Waals surface area (Å²) in [5.74, 6) is 0. The lowest BCUT2D eigenvalue weighted by atomic mass is 10.1. The van der Waals surface area contributed by atoms with E-state index in [0.717, 1.165) is 10.2 Å². The zero-order valence-corrected chi connectivity index (χ0v) is 11.7. The molecule has 4 nitrogen and oxygen atoms in total. The van der Waals surface area contributed by atoms with E-state index in [4.69, 9.17) is 10.00 Å². The molecule has 2 unspecified atom stereocenters. The monoisotopic (exact) mass is 310 g/mol. The van der Waals surface area contributed by atoms with Crippen LogP contribution in [0.4, 0.5) is 5.69 Å². The largest absolute Gasteiger partial charge is 0.394 e. The van der Waals surface area contributed by atoms with E-state index in [2.05, 4.69) is 33.8 Å². The number of nitrogens with zero attached hydrogens (tertiary/aromatic N) is 2. The molecule has 2 rings (SSSR count). The summed E-state index contributed by atoms with van der Waals surface area (Å²) >= 11 is 3.41. The van der Waals surface area contributed by atoms with E-state index in [1.807, 2.05) is 12.1 Å². The highest BCUT2D eigenvalue weighted by Gasteiger charge is 2.26. The van der Waals surface area contributed by atoms with Gasteiger partial charge in [0.25, 0.3) is 0 Å². The van der Waals surface area contributed by atoms with Crippen LogP contribution >= 0.6 is 15.9 Å². The Kier molecular flexibility index (Phi) is 4.23. The van der Waals surface area contributed by atoms with Gasteiger partial charge in [0.15, 0.2) is 0 Å². The number of anilines is 1. The SMILES string of the molecule is CC1COC(CO)CN1c1cc(Br)cc(C#N)c1. The van der Waals surface area contributed by atoms with Crippen LogP contribution in [0.3, 0.4) is 0 Å². The Morgan fingerprint density at radius 1 is 1.56 bits per heavy atom. The van der Waals surface area contributed by atoms with Crippen molar-refractivity contribution in [1.29, 1.82) is 5.26 Å². The first-order chi connectivity index (χ1) is 8.63. The van der Waals surface area contributed by atoms with Crippen LogP contribution in [0.1, 0.15) is 12.5 Å². The maximum absolute atomic E-state index is 9.18. The summed E-state index contributed by atoms with van der Waals surface area (Å²) in [5, 5.41) is 18.2. The topological polar surface area (TPSA) is 56.5 Å². The van der Waals surface area contributed by atoms with Gasteiger partial charge in [-0.05, 0) is 25.1 Å². The van der Waals surface area contributed by atoms with Gasteiger partial charge in [0.05, 0.1) is 31.0 Å². The lowest BCUT2D eigenvalue weighted by Gasteiger charge is -2.39. The van der Waals surface area contributed by atoms with Crippen molar-refractivity contribution in [2.75, 3.05) is 24.7 Å². The third kappa shape index (κ3) is 2.83. The second kappa shape index (κ2) is 5.70. The Labute approximate surface area is 115 Å². The first-order valence-corrected chi connectivity index (χ1v) is 6.63. The zero-order valence-electron chi connectivity index (χ0n) is 10.1. The summed E-state index contributed by atoms with van der Waals surface area (Å²) in [6.07, 6.45) is -0.161. The molecule has 1 fully saturated rings. The Balaban J connectivity index is 2.29. The summed E-state index contributed by atoms with van der Waals surface area (Å²) in [5.41, 5.74) is 1.61. The number of hydrogen-bond acceptors (Lipinski definition) is 4. The fraction of sp³-hybridized carbons (Fsp3) is 0.462. The molecule has 0 saturated carbocycles. The molecular weight excluding hydrogens is 296 g/mol. The van der Waals surface area contributed by atoms with Crippen LogP contribution in [-0.4, -0.2) is 37.0 Å². The van der Waals surface area contributed by atoms with Gasteiger partial charge in [-0.1, -0.05) is 15.9 Å². The van der Waals surface area contributed by atoms with E-state index in [-0.39, 0.29) is 18.8 Å². The number of halogens is 1. The fourth-order valence-electron chi connectivity index (χ4n) is 2.09. The summed E-state index contributed by atoms with van der Waals surface area (Å²) in [6.45, 7) is 3.31. The van der Waals surface area contributed by atoms with Crippen LogP contribution in [0.2, 0.25) is 0 Å². The van der Waals surface area contributed by atoms with Gasteiger partial charge in [-0.25, -0.2) is 0 Å². The van der Waals surface area contributed by atoms with Gasteiger partial charge in [-0.15, -0.1) is 0 Å². The van der Waals surface area contributed by atoms with Crippen molar-refractivity contribution in [3.63, 3.8) is 0 Å². The molecule has 1 aliphatic rings. The second-order valence-corrected chi connectivity index (χ2v) is 5.36. The highest BCUT2D eigenvalue weighted by molar-refractivity contribution is 9.10. The number of morpholine rings is 1. The van der Waals surface area contributed by atoms with E-state index in [0.29, 0.717) is 18.7 Å². The normalized spacial score (nSPS) is 23.8. The molecule has 5 heteroatoms. The molecule has 18 heavy (non-hydrogen) atoms. The van der Waals surface area contributed by atoms with Crippen molar-refractivity contribution in [1.82, 2.24) is 0 Å². The number of aliphatic hydroxyl groups excluding tert-OH is 1. The third-order valence-electron chi connectivity index (χ3n) is 3.05. The van der Waals surface area contributed by atoms with Crippen molar-refractivity contribution >= 4 is 21.6 Å². The fourth-order valence-corrected chi connectivity index (χ4v) is 2.57. The molecule has 1 aromatic carbocycles. The smallest absolute Gasteiger partial charge is 0.0992 e. The Morgan fingerprint density at radius 3 is 3.00 bits per heavy atom. The zero-order chi connectivity index (χ0) is 13.1. The van der Waals surface area contributed by atoms with Crippen molar-refractivity contribution < 1.29 is 9.84 Å². The van der Waals surface area contributed by atoms with Crippen LogP contribution in [-0.2, 0) is 4.74 Å². The number of nitriles is 1. The molecule has 2 atom stereocenters. The molecule has 1 saturated heterocycles. The minimum atomic E-state index is -0.161. The maximum Gasteiger partial charge on any atom is 0.0992 e. The van der Waals surface area contributed by atoms with E-state index < -0.39 is 0 Å². The summed E-state index contributed by atoms with van der Waals surface area (Å²) in [7, 11) is 0. The Morgan fingerprint density at radius 2 is 2.33 bits per heavy atom. The average Bonchev–Trinajstić information content (AvgIpc) is 2.38. The van der Waals surface area contributed by atoms with Crippen molar-refractivity contribution in [3.8, 4) is 6.07 Å². The minimum absolute atomic E-state index is 0.0162. The molecule has 0 amide bonds. The highest BCUT2D eigenvalue weighted by atomic mass is 79.9. The van der Waals surface area contributed by atoms with Crippen LogP contribution in [0.15, 0.2) is 22.7 Å². The lowest BCUT2D eigenvalue weighted by molar-refractivity contribution is -0.0103. The Hall–Kier alpha value is -1.09. The van der Waals surface area contributed by atoms with E-state index in [1.165, 1.54) is 0 Å². The molecule has 0 aliphatic carbocycles. The highest BCUT2D eigenvalue weighted by Crippen LogP contribution is 2.26. The summed E-state index contributed by atoms with van der Waals surface area (Å²) < 4.78 is 6.39. The molecule has 1 N–H and O–H groups in total. The quantitative estimate of drug-likeness (QED) is 0.906. The van der Waals surface area contributed by atoms with Gasteiger partial charge in [0.1, 0.15) is 0 Å². The predicted octanol–water partition coefficient (Wildman–Crippen LogP) is 1.91. The van der Waals surface area contributed by atoms with Gasteiger partial charge in [-0.3, -0.25) is 0 Å². The van der Waals surface area contributed by atoms with E-state index in [1.54, 1.807) is 6.07 Å². The second-order valence-electron chi connectivity index (χ2n) is 4.45. The number of benzene rings is 1. The molecule has 1 heterocycles. The molecule has 1 aliphatic heterocycles. The maximum atomic E-state index is 9.18. The van der Waals surface area contributed by atoms with Gasteiger partial charge < -0.3 is 14.7 Å².